The number of hydrogen-bond acceptors (Lipinski definition) is 5. The largest absolute Gasteiger partial charge is 0.403 e. The van der Waals surface area contributed by atoms with Gasteiger partial charge in [-0.25, -0.2) is 8.42 Å². The summed E-state index contributed by atoms with van der Waals surface area (Å²) in [5.41, 5.74) is 11.0. The van der Waals surface area contributed by atoms with Crippen molar-refractivity contribution < 1.29 is 8.42 Å². The molecule has 7 heteroatoms. The second-order valence-electron chi connectivity index (χ2n) is 4.21. The summed E-state index contributed by atoms with van der Waals surface area (Å²) in [7, 11) is -3.44. The first-order valence-electron chi connectivity index (χ1n) is 5.67. The van der Waals surface area contributed by atoms with E-state index in [1.165, 1.54) is 6.07 Å². The fraction of sp³-hybridized carbons (Fsp3) is 0.250. The van der Waals surface area contributed by atoms with Crippen molar-refractivity contribution in [2.24, 2.45) is 11.5 Å². The van der Waals surface area contributed by atoms with Crippen molar-refractivity contribution in [1.29, 1.82) is 5.41 Å². The summed E-state index contributed by atoms with van der Waals surface area (Å²) in [4.78, 5) is 0.138. The molecule has 1 aromatic carbocycles. The van der Waals surface area contributed by atoms with Gasteiger partial charge in [0.05, 0.1) is 21.5 Å². The zero-order valence-electron chi connectivity index (χ0n) is 10.8. The van der Waals surface area contributed by atoms with Crippen LogP contribution in [-0.4, -0.2) is 19.5 Å². The Morgan fingerprint density at radius 2 is 1.95 bits per heavy atom. The fourth-order valence-corrected chi connectivity index (χ4v) is 2.56. The van der Waals surface area contributed by atoms with Crippen molar-refractivity contribution in [2.45, 2.75) is 24.0 Å². The van der Waals surface area contributed by atoms with Crippen LogP contribution in [0.5, 0.6) is 0 Å². The topological polar surface area (TPSA) is 122 Å². The first-order chi connectivity index (χ1) is 8.80. The number of rotatable bonds is 4. The van der Waals surface area contributed by atoms with Crippen LogP contribution in [-0.2, 0) is 9.84 Å². The maximum absolute atomic E-state index is 12.2. The van der Waals surface area contributed by atoms with Gasteiger partial charge in [0.25, 0.3) is 0 Å². The number of sulfone groups is 1. The summed E-state index contributed by atoms with van der Waals surface area (Å²) in [6, 6.07) is 6.38. The van der Waals surface area contributed by atoms with Gasteiger partial charge >= 0.3 is 0 Å². The molecule has 0 aliphatic rings. The first-order valence-corrected chi connectivity index (χ1v) is 7.21. The monoisotopic (exact) mass is 282 g/mol. The highest BCUT2D eigenvalue weighted by atomic mass is 32.2. The Morgan fingerprint density at radius 1 is 1.37 bits per heavy atom. The van der Waals surface area contributed by atoms with Crippen molar-refractivity contribution in [1.82, 2.24) is 0 Å². The summed E-state index contributed by atoms with van der Waals surface area (Å²) in [6.07, 6.45) is 1.08. The normalized spacial score (nSPS) is 12.5. The second-order valence-corrected chi connectivity index (χ2v) is 6.68. The van der Waals surface area contributed by atoms with Gasteiger partial charge in [0.2, 0.25) is 0 Å². The Kier molecular flexibility index (Phi) is 4.55. The Labute approximate surface area is 112 Å². The molecule has 0 amide bonds. The molecule has 0 aliphatic heterocycles. The summed E-state index contributed by atoms with van der Waals surface area (Å²) >= 11 is 0. The third-order valence-electron chi connectivity index (χ3n) is 2.54. The smallest absolute Gasteiger partial charge is 0.182 e. The predicted molar refractivity (Wildman–Crippen MR) is 76.6 cm³/mol. The molecule has 0 radical (unpaired) electrons. The standard InChI is InChI=1S/C12H18N4O2S/c1-8(2)19(17,18)11-6-4-3-5-10(11)16-12(15)9(14)7-13/h3-8H,13-14H2,1-2H3,(H2,15,16)/b9-7+. The van der Waals surface area contributed by atoms with E-state index in [0.717, 1.165) is 6.20 Å². The summed E-state index contributed by atoms with van der Waals surface area (Å²) in [6.45, 7) is 3.21. The lowest BCUT2D eigenvalue weighted by molar-refractivity contribution is 0.588. The minimum absolute atomic E-state index is 0.0387. The Balaban J connectivity index is 3.22. The van der Waals surface area contributed by atoms with Crippen LogP contribution in [0.15, 0.2) is 41.1 Å². The van der Waals surface area contributed by atoms with Gasteiger partial charge in [0.1, 0.15) is 5.84 Å². The van der Waals surface area contributed by atoms with E-state index in [2.05, 4.69) is 5.32 Å². The number of hydrogen-bond donors (Lipinski definition) is 4. The maximum atomic E-state index is 12.2. The van der Waals surface area contributed by atoms with Crippen molar-refractivity contribution >= 4 is 21.4 Å². The minimum Gasteiger partial charge on any atom is -0.403 e. The number of anilines is 1. The van der Waals surface area contributed by atoms with E-state index in [1.54, 1.807) is 32.0 Å². The molecule has 0 atom stereocenters. The van der Waals surface area contributed by atoms with Crippen molar-refractivity contribution in [3.63, 3.8) is 0 Å². The average Bonchev–Trinajstić information content (AvgIpc) is 2.37. The molecule has 6 nitrogen and oxygen atoms in total. The predicted octanol–water partition coefficient (Wildman–Crippen LogP) is 1.02. The SMILES string of the molecule is CC(C)S(=O)(=O)c1ccccc1NC(=N)/C(N)=C\N. The number of amidine groups is 1. The minimum atomic E-state index is -3.44. The number of nitrogens with two attached hydrogens (primary N) is 2. The van der Waals surface area contributed by atoms with Crippen LogP contribution >= 0.6 is 0 Å². The molecule has 0 unspecified atom stereocenters. The molecule has 0 saturated carbocycles. The summed E-state index contributed by atoms with van der Waals surface area (Å²) in [5.74, 6) is -0.145. The van der Waals surface area contributed by atoms with Gasteiger partial charge in [-0.05, 0) is 26.0 Å². The molecule has 1 aromatic rings. The third-order valence-corrected chi connectivity index (χ3v) is 4.75. The van der Waals surface area contributed by atoms with Gasteiger partial charge in [-0.1, -0.05) is 12.1 Å². The van der Waals surface area contributed by atoms with Gasteiger partial charge in [-0.3, -0.25) is 5.41 Å². The summed E-state index contributed by atoms with van der Waals surface area (Å²) in [5, 5.41) is 9.77. The average molecular weight is 282 g/mol. The van der Waals surface area contributed by atoms with Crippen LogP contribution < -0.4 is 16.8 Å². The molecule has 0 fully saturated rings. The van der Waals surface area contributed by atoms with Crippen LogP contribution in [0.25, 0.3) is 0 Å². The number of para-hydroxylation sites is 1. The van der Waals surface area contributed by atoms with E-state index >= 15 is 0 Å². The van der Waals surface area contributed by atoms with Crippen LogP contribution in [0.1, 0.15) is 13.8 Å². The van der Waals surface area contributed by atoms with Gasteiger partial charge in [0.15, 0.2) is 9.84 Å². The molecule has 0 aromatic heterocycles. The molecule has 1 rings (SSSR count). The highest BCUT2D eigenvalue weighted by Crippen LogP contribution is 2.24. The molecule has 0 bridgehead atoms. The van der Waals surface area contributed by atoms with Crippen LogP contribution in [0.3, 0.4) is 0 Å². The Bertz CT molecular complexity index is 606. The third kappa shape index (κ3) is 3.25. The molecular weight excluding hydrogens is 264 g/mol. The Morgan fingerprint density at radius 3 is 2.47 bits per heavy atom. The molecule has 19 heavy (non-hydrogen) atoms. The van der Waals surface area contributed by atoms with Crippen molar-refractivity contribution in [3.05, 3.63) is 36.2 Å². The fourth-order valence-electron chi connectivity index (χ4n) is 1.36. The van der Waals surface area contributed by atoms with Crippen LogP contribution in [0.2, 0.25) is 0 Å². The second kappa shape index (κ2) is 5.75. The van der Waals surface area contributed by atoms with E-state index < -0.39 is 15.1 Å². The van der Waals surface area contributed by atoms with Crippen LogP contribution in [0, 0.1) is 5.41 Å². The highest BCUT2D eigenvalue weighted by Gasteiger charge is 2.22. The Hall–Kier alpha value is -2.02. The molecule has 6 N–H and O–H groups in total. The van der Waals surface area contributed by atoms with Gasteiger partial charge in [0, 0.05) is 6.20 Å². The lowest BCUT2D eigenvalue weighted by Gasteiger charge is -2.14. The van der Waals surface area contributed by atoms with Crippen LogP contribution in [0.4, 0.5) is 5.69 Å². The lowest BCUT2D eigenvalue weighted by atomic mass is 10.3. The zero-order chi connectivity index (χ0) is 14.6. The van der Waals surface area contributed by atoms with E-state index in [1.807, 2.05) is 0 Å². The number of benzene rings is 1. The number of nitrogens with one attached hydrogen (secondary N) is 2. The van der Waals surface area contributed by atoms with Crippen molar-refractivity contribution in [3.8, 4) is 0 Å². The molecule has 104 valence electrons. The molecule has 0 saturated heterocycles. The molecule has 0 aliphatic carbocycles. The molecular formula is C12H18N4O2S. The highest BCUT2D eigenvalue weighted by molar-refractivity contribution is 7.92. The molecule has 0 spiro atoms. The van der Waals surface area contributed by atoms with E-state index in [-0.39, 0.29) is 16.4 Å². The zero-order valence-corrected chi connectivity index (χ0v) is 11.7. The first kappa shape index (κ1) is 15.0. The lowest BCUT2D eigenvalue weighted by Crippen LogP contribution is -2.23. The molecule has 0 heterocycles. The van der Waals surface area contributed by atoms with Gasteiger partial charge in [-0.15, -0.1) is 0 Å². The van der Waals surface area contributed by atoms with E-state index in [9.17, 15) is 8.42 Å². The maximum Gasteiger partial charge on any atom is 0.182 e. The van der Waals surface area contributed by atoms with E-state index in [4.69, 9.17) is 16.9 Å². The van der Waals surface area contributed by atoms with Gasteiger partial charge < -0.3 is 16.8 Å². The van der Waals surface area contributed by atoms with Gasteiger partial charge in [-0.2, -0.15) is 0 Å². The quantitative estimate of drug-likeness (QED) is 0.485. The van der Waals surface area contributed by atoms with Crippen molar-refractivity contribution in [2.75, 3.05) is 5.32 Å². The van der Waals surface area contributed by atoms with E-state index in [0.29, 0.717) is 5.69 Å². The summed E-state index contributed by atoms with van der Waals surface area (Å²) < 4.78 is 24.4.